The van der Waals surface area contributed by atoms with Crippen molar-refractivity contribution >= 4 is 28.5 Å². The molecule has 0 amide bonds. The molecule has 1 unspecified atom stereocenters. The summed E-state index contributed by atoms with van der Waals surface area (Å²) >= 11 is 0. The monoisotopic (exact) mass is 473 g/mol. The number of hydrogen-bond donors (Lipinski definition) is 1. The van der Waals surface area contributed by atoms with Gasteiger partial charge in [0.2, 0.25) is 5.95 Å². The molecule has 2 aromatic carbocycles. The van der Waals surface area contributed by atoms with Gasteiger partial charge in [-0.2, -0.15) is 10.1 Å². The van der Waals surface area contributed by atoms with Crippen LogP contribution in [0.15, 0.2) is 69.3 Å². The number of imidazole rings is 1. The third-order valence-corrected chi connectivity index (χ3v) is 6.26. The second kappa shape index (κ2) is 8.79. The number of hydrogen-bond acceptors (Lipinski definition) is 7. The van der Waals surface area contributed by atoms with Crippen LogP contribution in [-0.4, -0.2) is 37.5 Å². The zero-order chi connectivity index (χ0) is 24.7. The second-order valence-corrected chi connectivity index (χ2v) is 8.57. The number of nitrogens with zero attached hydrogens (tertiary/aromatic N) is 6. The van der Waals surface area contributed by atoms with Crippen molar-refractivity contribution < 1.29 is 4.74 Å². The van der Waals surface area contributed by atoms with E-state index in [1.807, 2.05) is 73.0 Å². The standard InChI is InChI=1S/C25H27N7O3/c1-16-17(2)32-21-22(29(3)25(34)30(4)23(21)33)27-24(32)31(28-16)15-14-26-18-10-12-20(13-11-18)35-19-8-6-5-7-9-19/h5-13,17,26H,14-15H2,1-4H3. The first-order valence-corrected chi connectivity index (χ1v) is 11.4. The van der Waals surface area contributed by atoms with Crippen molar-refractivity contribution in [2.75, 3.05) is 23.4 Å². The highest BCUT2D eigenvalue weighted by molar-refractivity contribution is 5.91. The van der Waals surface area contributed by atoms with E-state index >= 15 is 0 Å². The average molecular weight is 474 g/mol. The minimum atomic E-state index is -0.406. The summed E-state index contributed by atoms with van der Waals surface area (Å²) < 4.78 is 10.2. The molecule has 1 atom stereocenters. The fraction of sp³-hybridized carbons (Fsp3) is 0.280. The van der Waals surface area contributed by atoms with Gasteiger partial charge in [0.1, 0.15) is 11.5 Å². The van der Waals surface area contributed by atoms with E-state index in [2.05, 4.69) is 10.3 Å². The van der Waals surface area contributed by atoms with Gasteiger partial charge in [0.25, 0.3) is 5.56 Å². The highest BCUT2D eigenvalue weighted by Gasteiger charge is 2.30. The summed E-state index contributed by atoms with van der Waals surface area (Å²) in [6.07, 6.45) is 0. The van der Waals surface area contributed by atoms with E-state index in [0.29, 0.717) is 30.2 Å². The number of ether oxygens (including phenoxy) is 1. The van der Waals surface area contributed by atoms with E-state index in [9.17, 15) is 9.59 Å². The lowest BCUT2D eigenvalue weighted by molar-refractivity contribution is 0.483. The van der Waals surface area contributed by atoms with Crippen LogP contribution in [0.4, 0.5) is 11.6 Å². The third kappa shape index (κ3) is 3.96. The van der Waals surface area contributed by atoms with Gasteiger partial charge in [-0.25, -0.2) is 9.80 Å². The number of fused-ring (bicyclic) bond motifs is 3. The van der Waals surface area contributed by atoms with E-state index < -0.39 is 5.69 Å². The smallest absolute Gasteiger partial charge is 0.332 e. The largest absolute Gasteiger partial charge is 0.457 e. The molecule has 10 heteroatoms. The maximum atomic E-state index is 12.9. The molecule has 0 saturated carbocycles. The van der Waals surface area contributed by atoms with E-state index in [1.165, 1.54) is 11.6 Å². The molecular weight excluding hydrogens is 446 g/mol. The molecule has 5 rings (SSSR count). The van der Waals surface area contributed by atoms with Crippen molar-refractivity contribution in [3.05, 3.63) is 75.4 Å². The summed E-state index contributed by atoms with van der Waals surface area (Å²) in [4.78, 5) is 30.0. The lowest BCUT2D eigenvalue weighted by Gasteiger charge is -2.29. The molecule has 0 saturated heterocycles. The summed E-state index contributed by atoms with van der Waals surface area (Å²) in [6.45, 7) is 5.01. The number of aromatic nitrogens is 4. The molecule has 0 fully saturated rings. The molecular formula is C25H27N7O3. The Hall–Kier alpha value is -4.34. The predicted octanol–water partition coefficient (Wildman–Crippen LogP) is 3.10. The van der Waals surface area contributed by atoms with E-state index in [0.717, 1.165) is 27.5 Å². The highest BCUT2D eigenvalue weighted by atomic mass is 16.5. The van der Waals surface area contributed by atoms with E-state index in [-0.39, 0.29) is 11.6 Å². The molecule has 180 valence electrons. The Bertz CT molecular complexity index is 1530. The molecule has 0 aliphatic carbocycles. The number of hydrazone groups is 1. The topological polar surface area (TPSA) is 98.7 Å². The van der Waals surface area contributed by atoms with Crippen LogP contribution in [0.5, 0.6) is 11.5 Å². The number of anilines is 2. The molecule has 4 aromatic rings. The average Bonchev–Trinajstić information content (AvgIpc) is 3.27. The number of benzene rings is 2. The van der Waals surface area contributed by atoms with Crippen LogP contribution in [0.3, 0.4) is 0 Å². The van der Waals surface area contributed by atoms with Crippen molar-refractivity contribution in [2.45, 2.75) is 19.9 Å². The summed E-state index contributed by atoms with van der Waals surface area (Å²) in [5.74, 6) is 2.09. The molecule has 1 aliphatic rings. The van der Waals surface area contributed by atoms with Crippen LogP contribution in [0, 0.1) is 0 Å². The predicted molar refractivity (Wildman–Crippen MR) is 137 cm³/mol. The van der Waals surface area contributed by atoms with Crippen molar-refractivity contribution in [3.8, 4) is 11.5 Å². The summed E-state index contributed by atoms with van der Waals surface area (Å²) in [6, 6.07) is 17.2. The lowest BCUT2D eigenvalue weighted by atomic mass is 10.2. The van der Waals surface area contributed by atoms with Crippen LogP contribution >= 0.6 is 0 Å². The fourth-order valence-corrected chi connectivity index (χ4v) is 4.18. The molecule has 2 aromatic heterocycles. The maximum absolute atomic E-state index is 12.9. The molecule has 0 bridgehead atoms. The van der Waals surface area contributed by atoms with Crippen LogP contribution in [0.2, 0.25) is 0 Å². The third-order valence-electron chi connectivity index (χ3n) is 6.26. The fourth-order valence-electron chi connectivity index (χ4n) is 4.18. The summed E-state index contributed by atoms with van der Waals surface area (Å²) in [5, 5.41) is 9.87. The number of rotatable bonds is 6. The van der Waals surface area contributed by atoms with Gasteiger partial charge in [0.05, 0.1) is 18.3 Å². The van der Waals surface area contributed by atoms with Crippen LogP contribution in [0.1, 0.15) is 19.9 Å². The minimum absolute atomic E-state index is 0.151. The molecule has 0 radical (unpaired) electrons. The molecule has 1 aliphatic heterocycles. The van der Waals surface area contributed by atoms with Gasteiger partial charge < -0.3 is 10.1 Å². The number of aryl methyl sites for hydroxylation is 1. The van der Waals surface area contributed by atoms with Gasteiger partial charge in [-0.15, -0.1) is 0 Å². The van der Waals surface area contributed by atoms with Crippen molar-refractivity contribution in [2.24, 2.45) is 19.2 Å². The zero-order valence-electron chi connectivity index (χ0n) is 20.1. The Labute approximate surface area is 201 Å². The molecule has 3 heterocycles. The van der Waals surface area contributed by atoms with Crippen molar-refractivity contribution in [3.63, 3.8) is 0 Å². The first kappa shape index (κ1) is 22.5. The quantitative estimate of drug-likeness (QED) is 0.462. The zero-order valence-corrected chi connectivity index (χ0v) is 20.1. The Kier molecular flexibility index (Phi) is 5.64. The van der Waals surface area contributed by atoms with Gasteiger partial charge in [-0.3, -0.25) is 18.5 Å². The van der Waals surface area contributed by atoms with Gasteiger partial charge in [0, 0.05) is 26.3 Å². The molecule has 10 nitrogen and oxygen atoms in total. The lowest BCUT2D eigenvalue weighted by Crippen LogP contribution is -2.39. The molecule has 35 heavy (non-hydrogen) atoms. The normalized spacial score (nSPS) is 15.1. The van der Waals surface area contributed by atoms with E-state index in [1.54, 1.807) is 12.1 Å². The van der Waals surface area contributed by atoms with Crippen molar-refractivity contribution in [1.82, 2.24) is 18.7 Å². The van der Waals surface area contributed by atoms with Crippen LogP contribution in [0.25, 0.3) is 11.2 Å². The minimum Gasteiger partial charge on any atom is -0.457 e. The van der Waals surface area contributed by atoms with Gasteiger partial charge in [0.15, 0.2) is 11.2 Å². The number of nitrogens with one attached hydrogen (secondary N) is 1. The SMILES string of the molecule is CC1=NN(CCNc2ccc(Oc3ccccc3)cc2)c2nc3c(c(=O)n(C)c(=O)n3C)n2C1C. The van der Waals surface area contributed by atoms with Crippen LogP contribution in [-0.2, 0) is 14.1 Å². The Morgan fingerprint density at radius 1 is 0.971 bits per heavy atom. The molecule has 1 N–H and O–H groups in total. The second-order valence-electron chi connectivity index (χ2n) is 8.57. The first-order chi connectivity index (χ1) is 16.8. The summed E-state index contributed by atoms with van der Waals surface area (Å²) in [5.41, 5.74) is 1.79. The van der Waals surface area contributed by atoms with Crippen molar-refractivity contribution in [1.29, 1.82) is 0 Å². The van der Waals surface area contributed by atoms with E-state index in [4.69, 9.17) is 9.84 Å². The van der Waals surface area contributed by atoms with Gasteiger partial charge >= 0.3 is 5.69 Å². The molecule has 0 spiro atoms. The number of para-hydroxylation sites is 1. The Balaban J connectivity index is 1.34. The maximum Gasteiger partial charge on any atom is 0.332 e. The van der Waals surface area contributed by atoms with Gasteiger partial charge in [-0.05, 0) is 50.2 Å². The Morgan fingerprint density at radius 3 is 2.37 bits per heavy atom. The van der Waals surface area contributed by atoms with Crippen LogP contribution < -0.4 is 26.3 Å². The first-order valence-electron chi connectivity index (χ1n) is 11.4. The Morgan fingerprint density at radius 2 is 1.66 bits per heavy atom. The van der Waals surface area contributed by atoms with Gasteiger partial charge in [-0.1, -0.05) is 18.2 Å². The highest BCUT2D eigenvalue weighted by Crippen LogP contribution is 2.29. The summed E-state index contributed by atoms with van der Waals surface area (Å²) in [7, 11) is 3.11.